The third-order valence-electron chi connectivity index (χ3n) is 4.18. The summed E-state index contributed by atoms with van der Waals surface area (Å²) in [4.78, 5) is 13.9. The fraction of sp³-hybridized carbons (Fsp3) is 0.588. The van der Waals surface area contributed by atoms with Crippen LogP contribution in [0.2, 0.25) is 0 Å². The molecule has 1 aliphatic rings. The summed E-state index contributed by atoms with van der Waals surface area (Å²) in [6.07, 6.45) is 2.16. The zero-order valence-electron chi connectivity index (χ0n) is 13.0. The van der Waals surface area contributed by atoms with Gasteiger partial charge in [-0.15, -0.1) is 0 Å². The number of aryl methyl sites for hydroxylation is 2. The number of amides is 1. The van der Waals surface area contributed by atoms with Gasteiger partial charge in [0.15, 0.2) is 0 Å². The number of aliphatic hydroxyl groups excluding tert-OH is 1. The highest BCUT2D eigenvalue weighted by Crippen LogP contribution is 2.18. The Morgan fingerprint density at radius 2 is 2.19 bits per heavy atom. The van der Waals surface area contributed by atoms with E-state index in [9.17, 15) is 4.79 Å². The number of nitrogens with zero attached hydrogens (tertiary/aromatic N) is 1. The third kappa shape index (κ3) is 4.46. The molecule has 1 N–H and O–H groups in total. The molecule has 4 heteroatoms. The molecule has 0 bridgehead atoms. The van der Waals surface area contributed by atoms with Crippen molar-refractivity contribution in [2.45, 2.75) is 33.1 Å². The van der Waals surface area contributed by atoms with Gasteiger partial charge in [-0.3, -0.25) is 4.79 Å². The molecular weight excluding hydrogens is 266 g/mol. The third-order valence-corrected chi connectivity index (χ3v) is 4.18. The Morgan fingerprint density at radius 1 is 1.38 bits per heavy atom. The lowest BCUT2D eigenvalue weighted by Crippen LogP contribution is -2.29. The van der Waals surface area contributed by atoms with Gasteiger partial charge in [-0.05, 0) is 49.9 Å². The standard InChI is InChI=1S/C17H25NO3/c1-13-5-6-16(10-14(13)2)21-9-3-4-17(20)18-8-7-15(11-18)12-19/h5-6,10,15,19H,3-4,7-9,11-12H2,1-2H3. The summed E-state index contributed by atoms with van der Waals surface area (Å²) in [5.41, 5.74) is 2.47. The molecular formula is C17H25NO3. The van der Waals surface area contributed by atoms with Gasteiger partial charge < -0.3 is 14.7 Å². The maximum Gasteiger partial charge on any atom is 0.222 e. The molecule has 0 saturated carbocycles. The largest absolute Gasteiger partial charge is 0.494 e. The van der Waals surface area contributed by atoms with Gasteiger partial charge in [0, 0.05) is 32.0 Å². The normalized spacial score (nSPS) is 18.0. The molecule has 1 unspecified atom stereocenters. The molecule has 2 rings (SSSR count). The van der Waals surface area contributed by atoms with Crippen LogP contribution < -0.4 is 4.74 Å². The van der Waals surface area contributed by atoms with Crippen molar-refractivity contribution < 1.29 is 14.6 Å². The Labute approximate surface area is 126 Å². The number of carbonyl (C=O) groups is 1. The maximum atomic E-state index is 12.0. The first kappa shape index (κ1) is 15.8. The molecule has 116 valence electrons. The van der Waals surface area contributed by atoms with E-state index in [-0.39, 0.29) is 18.4 Å². The number of carbonyl (C=O) groups excluding carboxylic acids is 1. The first-order chi connectivity index (χ1) is 10.1. The van der Waals surface area contributed by atoms with E-state index in [0.717, 1.165) is 25.1 Å². The smallest absolute Gasteiger partial charge is 0.222 e. The van der Waals surface area contributed by atoms with E-state index in [1.807, 2.05) is 17.0 Å². The van der Waals surface area contributed by atoms with Crippen LogP contribution in [0.15, 0.2) is 18.2 Å². The first-order valence-electron chi connectivity index (χ1n) is 7.69. The Morgan fingerprint density at radius 3 is 2.86 bits per heavy atom. The number of benzene rings is 1. The lowest BCUT2D eigenvalue weighted by Gasteiger charge is -2.16. The summed E-state index contributed by atoms with van der Waals surface area (Å²) < 4.78 is 5.69. The van der Waals surface area contributed by atoms with E-state index in [2.05, 4.69) is 19.9 Å². The van der Waals surface area contributed by atoms with Crippen LogP contribution in [0.1, 0.15) is 30.4 Å². The van der Waals surface area contributed by atoms with Crippen molar-refractivity contribution in [1.29, 1.82) is 0 Å². The van der Waals surface area contributed by atoms with Crippen LogP contribution in [-0.4, -0.2) is 42.2 Å². The summed E-state index contributed by atoms with van der Waals surface area (Å²) in [6, 6.07) is 6.05. The SMILES string of the molecule is Cc1ccc(OCCCC(=O)N2CCC(CO)C2)cc1C. The van der Waals surface area contributed by atoms with Gasteiger partial charge in [0.2, 0.25) is 5.91 Å². The average molecular weight is 291 g/mol. The highest BCUT2D eigenvalue weighted by Gasteiger charge is 2.24. The number of aliphatic hydroxyl groups is 1. The lowest BCUT2D eigenvalue weighted by atomic mass is 10.1. The number of likely N-dealkylation sites (tertiary alicyclic amines) is 1. The van der Waals surface area contributed by atoms with Gasteiger partial charge in [-0.1, -0.05) is 6.07 Å². The zero-order chi connectivity index (χ0) is 15.2. The summed E-state index contributed by atoms with van der Waals surface area (Å²) in [5.74, 6) is 1.31. The topological polar surface area (TPSA) is 49.8 Å². The van der Waals surface area contributed by atoms with Gasteiger partial charge in [-0.25, -0.2) is 0 Å². The molecule has 0 spiro atoms. The van der Waals surface area contributed by atoms with Gasteiger partial charge in [0.1, 0.15) is 5.75 Å². The van der Waals surface area contributed by atoms with Crippen LogP contribution in [0, 0.1) is 19.8 Å². The molecule has 1 aliphatic heterocycles. The van der Waals surface area contributed by atoms with Crippen LogP contribution in [-0.2, 0) is 4.79 Å². The minimum Gasteiger partial charge on any atom is -0.494 e. The number of ether oxygens (including phenoxy) is 1. The zero-order valence-corrected chi connectivity index (χ0v) is 13.0. The maximum absolute atomic E-state index is 12.0. The monoisotopic (exact) mass is 291 g/mol. The van der Waals surface area contributed by atoms with Crippen molar-refractivity contribution in [3.8, 4) is 5.75 Å². The molecule has 21 heavy (non-hydrogen) atoms. The van der Waals surface area contributed by atoms with Gasteiger partial charge in [0.05, 0.1) is 6.61 Å². The van der Waals surface area contributed by atoms with Crippen molar-refractivity contribution in [1.82, 2.24) is 4.90 Å². The van der Waals surface area contributed by atoms with Crippen molar-refractivity contribution >= 4 is 5.91 Å². The quantitative estimate of drug-likeness (QED) is 0.818. The predicted molar refractivity (Wildman–Crippen MR) is 82.4 cm³/mol. The van der Waals surface area contributed by atoms with Crippen LogP contribution >= 0.6 is 0 Å². The highest BCUT2D eigenvalue weighted by molar-refractivity contribution is 5.76. The molecule has 1 aromatic carbocycles. The van der Waals surface area contributed by atoms with Crippen LogP contribution in [0.3, 0.4) is 0 Å². The number of rotatable bonds is 6. The van der Waals surface area contributed by atoms with Crippen LogP contribution in [0.25, 0.3) is 0 Å². The molecule has 1 atom stereocenters. The molecule has 0 radical (unpaired) electrons. The number of hydrogen-bond acceptors (Lipinski definition) is 3. The summed E-state index contributed by atoms with van der Waals surface area (Å²) in [5, 5.41) is 9.09. The van der Waals surface area contributed by atoms with Gasteiger partial charge in [0.25, 0.3) is 0 Å². The van der Waals surface area contributed by atoms with E-state index in [1.165, 1.54) is 11.1 Å². The molecule has 1 fully saturated rings. The minimum atomic E-state index is 0.176. The van der Waals surface area contributed by atoms with E-state index in [1.54, 1.807) is 0 Å². The highest BCUT2D eigenvalue weighted by atomic mass is 16.5. The van der Waals surface area contributed by atoms with E-state index in [4.69, 9.17) is 9.84 Å². The van der Waals surface area contributed by atoms with Crippen molar-refractivity contribution in [2.24, 2.45) is 5.92 Å². The Bertz CT molecular complexity index is 487. The average Bonchev–Trinajstić information content (AvgIpc) is 2.96. The van der Waals surface area contributed by atoms with Crippen LogP contribution in [0.4, 0.5) is 0 Å². The predicted octanol–water partition coefficient (Wildman–Crippen LogP) is 2.30. The van der Waals surface area contributed by atoms with Crippen LogP contribution in [0.5, 0.6) is 5.75 Å². The fourth-order valence-electron chi connectivity index (χ4n) is 2.58. The molecule has 1 saturated heterocycles. The minimum absolute atomic E-state index is 0.176. The Kier molecular flexibility index (Phi) is 5.62. The second-order valence-electron chi connectivity index (χ2n) is 5.88. The summed E-state index contributed by atoms with van der Waals surface area (Å²) in [7, 11) is 0. The van der Waals surface area contributed by atoms with Crippen molar-refractivity contribution in [3.05, 3.63) is 29.3 Å². The van der Waals surface area contributed by atoms with E-state index < -0.39 is 0 Å². The molecule has 4 nitrogen and oxygen atoms in total. The summed E-state index contributed by atoms with van der Waals surface area (Å²) >= 11 is 0. The molecule has 1 aromatic rings. The number of hydrogen-bond donors (Lipinski definition) is 1. The first-order valence-corrected chi connectivity index (χ1v) is 7.69. The molecule has 1 amide bonds. The van der Waals surface area contributed by atoms with E-state index in [0.29, 0.717) is 19.6 Å². The second kappa shape index (κ2) is 7.46. The lowest BCUT2D eigenvalue weighted by molar-refractivity contribution is -0.130. The summed E-state index contributed by atoms with van der Waals surface area (Å²) in [6.45, 7) is 6.37. The molecule has 0 aliphatic carbocycles. The van der Waals surface area contributed by atoms with E-state index >= 15 is 0 Å². The van der Waals surface area contributed by atoms with Gasteiger partial charge in [-0.2, -0.15) is 0 Å². The van der Waals surface area contributed by atoms with Crippen molar-refractivity contribution in [3.63, 3.8) is 0 Å². The van der Waals surface area contributed by atoms with Gasteiger partial charge >= 0.3 is 0 Å². The Balaban J connectivity index is 1.67. The fourth-order valence-corrected chi connectivity index (χ4v) is 2.58. The van der Waals surface area contributed by atoms with Crippen molar-refractivity contribution in [2.75, 3.05) is 26.3 Å². The second-order valence-corrected chi connectivity index (χ2v) is 5.88. The molecule has 0 aromatic heterocycles. The molecule has 1 heterocycles. The Hall–Kier alpha value is -1.55.